The third-order valence-corrected chi connectivity index (χ3v) is 5.19. The minimum Gasteiger partial charge on any atom is -0.378 e. The van der Waals surface area contributed by atoms with E-state index in [2.05, 4.69) is 107 Å². The zero-order valence-electron chi connectivity index (χ0n) is 17.7. The van der Waals surface area contributed by atoms with Gasteiger partial charge < -0.3 is 14.5 Å². The predicted molar refractivity (Wildman–Crippen MR) is 131 cm³/mol. The zero-order chi connectivity index (χ0) is 21.1. The fourth-order valence-corrected chi connectivity index (χ4v) is 3.66. The first kappa shape index (κ1) is 20.7. The SMILES string of the molecule is c1ccc(N(CCOCCN(c2ccccc2)c2ccccc2)c2ccccc2)cc1. The van der Waals surface area contributed by atoms with Crippen LogP contribution in [0.4, 0.5) is 22.7 Å². The highest BCUT2D eigenvalue weighted by Crippen LogP contribution is 2.25. The third kappa shape index (κ3) is 5.74. The lowest BCUT2D eigenvalue weighted by Gasteiger charge is -2.27. The van der Waals surface area contributed by atoms with Crippen molar-refractivity contribution in [3.05, 3.63) is 121 Å². The summed E-state index contributed by atoms with van der Waals surface area (Å²) in [5.74, 6) is 0. The second-order valence-electron chi connectivity index (χ2n) is 7.26. The lowest BCUT2D eigenvalue weighted by atomic mass is 10.2. The molecule has 0 aliphatic rings. The molecule has 4 rings (SSSR count). The van der Waals surface area contributed by atoms with Crippen molar-refractivity contribution in [1.29, 1.82) is 0 Å². The highest BCUT2D eigenvalue weighted by atomic mass is 16.5. The van der Waals surface area contributed by atoms with E-state index in [0.717, 1.165) is 13.1 Å². The van der Waals surface area contributed by atoms with Crippen LogP contribution >= 0.6 is 0 Å². The number of nitrogens with zero attached hydrogens (tertiary/aromatic N) is 2. The van der Waals surface area contributed by atoms with Gasteiger partial charge in [0.1, 0.15) is 0 Å². The fraction of sp³-hybridized carbons (Fsp3) is 0.143. The van der Waals surface area contributed by atoms with Crippen LogP contribution in [0, 0.1) is 0 Å². The molecule has 0 amide bonds. The summed E-state index contributed by atoms with van der Waals surface area (Å²) in [4.78, 5) is 4.60. The van der Waals surface area contributed by atoms with Crippen molar-refractivity contribution in [3.8, 4) is 0 Å². The maximum absolute atomic E-state index is 6.10. The van der Waals surface area contributed by atoms with Gasteiger partial charge in [-0.15, -0.1) is 0 Å². The molecular weight excluding hydrogens is 380 g/mol. The highest BCUT2D eigenvalue weighted by molar-refractivity contribution is 5.63. The summed E-state index contributed by atoms with van der Waals surface area (Å²) < 4.78 is 6.10. The van der Waals surface area contributed by atoms with Crippen LogP contribution in [0.3, 0.4) is 0 Å². The molecule has 0 aromatic heterocycles. The highest BCUT2D eigenvalue weighted by Gasteiger charge is 2.10. The Balaban J connectivity index is 1.37. The molecule has 0 N–H and O–H groups in total. The molecule has 0 saturated heterocycles. The summed E-state index contributed by atoms with van der Waals surface area (Å²) in [6.07, 6.45) is 0. The quantitative estimate of drug-likeness (QED) is 0.272. The number of anilines is 4. The first-order chi connectivity index (χ1) is 15.4. The largest absolute Gasteiger partial charge is 0.378 e. The first-order valence-corrected chi connectivity index (χ1v) is 10.7. The van der Waals surface area contributed by atoms with Crippen LogP contribution in [0.5, 0.6) is 0 Å². The Labute approximate surface area is 185 Å². The molecule has 0 saturated carbocycles. The summed E-state index contributed by atoms with van der Waals surface area (Å²) in [6.45, 7) is 2.90. The van der Waals surface area contributed by atoms with E-state index in [-0.39, 0.29) is 0 Å². The van der Waals surface area contributed by atoms with Crippen molar-refractivity contribution in [2.24, 2.45) is 0 Å². The summed E-state index contributed by atoms with van der Waals surface area (Å²) in [5.41, 5.74) is 4.69. The lowest BCUT2D eigenvalue weighted by molar-refractivity contribution is 0.149. The smallest absolute Gasteiger partial charge is 0.0646 e. The summed E-state index contributed by atoms with van der Waals surface area (Å²) in [7, 11) is 0. The molecule has 4 aromatic carbocycles. The molecule has 31 heavy (non-hydrogen) atoms. The van der Waals surface area contributed by atoms with E-state index in [9.17, 15) is 0 Å². The molecule has 0 heterocycles. The maximum Gasteiger partial charge on any atom is 0.0646 e. The fourth-order valence-electron chi connectivity index (χ4n) is 3.66. The van der Waals surface area contributed by atoms with E-state index in [1.165, 1.54) is 22.7 Å². The Hall–Kier alpha value is -3.56. The summed E-state index contributed by atoms with van der Waals surface area (Å²) in [5, 5.41) is 0. The molecule has 0 fully saturated rings. The van der Waals surface area contributed by atoms with Gasteiger partial charge in [-0.25, -0.2) is 0 Å². The maximum atomic E-state index is 6.10. The van der Waals surface area contributed by atoms with Crippen molar-refractivity contribution in [3.63, 3.8) is 0 Å². The van der Waals surface area contributed by atoms with Crippen LogP contribution in [0.1, 0.15) is 0 Å². The van der Waals surface area contributed by atoms with Crippen molar-refractivity contribution in [2.75, 3.05) is 36.1 Å². The molecule has 4 aromatic rings. The minimum absolute atomic E-state index is 0.654. The van der Waals surface area contributed by atoms with Crippen LogP contribution < -0.4 is 9.80 Å². The van der Waals surface area contributed by atoms with Crippen LogP contribution in [0.15, 0.2) is 121 Å². The standard InChI is InChI=1S/C28H28N2O/c1-5-13-25(14-6-1)29(26-15-7-2-8-16-26)21-23-31-24-22-30(27-17-9-3-10-18-27)28-19-11-4-12-20-28/h1-20H,21-24H2. The van der Waals surface area contributed by atoms with E-state index < -0.39 is 0 Å². The van der Waals surface area contributed by atoms with Crippen LogP contribution in [0.2, 0.25) is 0 Å². The summed E-state index contributed by atoms with van der Waals surface area (Å²) >= 11 is 0. The minimum atomic E-state index is 0.654. The third-order valence-electron chi connectivity index (χ3n) is 5.19. The molecule has 0 bridgehead atoms. The topological polar surface area (TPSA) is 15.7 Å². The number of rotatable bonds is 10. The second kappa shape index (κ2) is 11.0. The van der Waals surface area contributed by atoms with Gasteiger partial charge in [0.15, 0.2) is 0 Å². The van der Waals surface area contributed by atoms with Crippen molar-refractivity contribution in [1.82, 2.24) is 0 Å². The van der Waals surface area contributed by atoms with Gasteiger partial charge in [-0.1, -0.05) is 72.8 Å². The molecule has 0 unspecified atom stereocenters. The number of hydrogen-bond acceptors (Lipinski definition) is 3. The van der Waals surface area contributed by atoms with Gasteiger partial charge in [-0.3, -0.25) is 0 Å². The number of hydrogen-bond donors (Lipinski definition) is 0. The van der Waals surface area contributed by atoms with Crippen molar-refractivity contribution in [2.45, 2.75) is 0 Å². The second-order valence-corrected chi connectivity index (χ2v) is 7.26. The molecule has 0 aliphatic heterocycles. The van der Waals surface area contributed by atoms with E-state index in [1.54, 1.807) is 0 Å². The van der Waals surface area contributed by atoms with E-state index in [4.69, 9.17) is 4.74 Å². The number of ether oxygens (including phenoxy) is 1. The zero-order valence-corrected chi connectivity index (χ0v) is 17.7. The Morgan fingerprint density at radius 1 is 0.387 bits per heavy atom. The molecule has 156 valence electrons. The molecule has 3 nitrogen and oxygen atoms in total. The van der Waals surface area contributed by atoms with E-state index in [0.29, 0.717) is 13.2 Å². The van der Waals surface area contributed by atoms with Crippen molar-refractivity contribution >= 4 is 22.7 Å². The Bertz CT molecular complexity index is 844. The Kier molecular flexibility index (Phi) is 7.35. The van der Waals surface area contributed by atoms with Gasteiger partial charge in [0, 0.05) is 35.8 Å². The molecule has 0 aliphatic carbocycles. The monoisotopic (exact) mass is 408 g/mol. The van der Waals surface area contributed by atoms with E-state index in [1.807, 2.05) is 24.3 Å². The van der Waals surface area contributed by atoms with Gasteiger partial charge in [-0.05, 0) is 48.5 Å². The van der Waals surface area contributed by atoms with Crippen LogP contribution in [-0.4, -0.2) is 26.3 Å². The average Bonchev–Trinajstić information content (AvgIpc) is 2.86. The molecule has 0 radical (unpaired) electrons. The number of benzene rings is 4. The predicted octanol–water partition coefficient (Wildman–Crippen LogP) is 6.68. The van der Waals surface area contributed by atoms with Gasteiger partial charge in [0.05, 0.1) is 13.2 Å². The first-order valence-electron chi connectivity index (χ1n) is 10.7. The molecule has 3 heteroatoms. The van der Waals surface area contributed by atoms with Gasteiger partial charge in [0.25, 0.3) is 0 Å². The average molecular weight is 409 g/mol. The molecular formula is C28H28N2O. The normalized spacial score (nSPS) is 10.6. The number of para-hydroxylation sites is 4. The van der Waals surface area contributed by atoms with Gasteiger partial charge in [0.2, 0.25) is 0 Å². The van der Waals surface area contributed by atoms with Gasteiger partial charge in [-0.2, -0.15) is 0 Å². The Morgan fingerprint density at radius 3 is 0.903 bits per heavy atom. The Morgan fingerprint density at radius 2 is 0.645 bits per heavy atom. The molecule has 0 spiro atoms. The molecule has 0 atom stereocenters. The summed E-state index contributed by atoms with van der Waals surface area (Å²) in [6, 6.07) is 41.9. The van der Waals surface area contributed by atoms with Crippen LogP contribution in [0.25, 0.3) is 0 Å². The van der Waals surface area contributed by atoms with Crippen LogP contribution in [-0.2, 0) is 4.74 Å². The lowest BCUT2D eigenvalue weighted by Crippen LogP contribution is -2.26. The van der Waals surface area contributed by atoms with Crippen molar-refractivity contribution < 1.29 is 4.74 Å². The van der Waals surface area contributed by atoms with E-state index >= 15 is 0 Å². The van der Waals surface area contributed by atoms with Gasteiger partial charge >= 0.3 is 0 Å².